The number of pyridine rings is 1. The normalized spacial score (nSPS) is 11.3. The minimum absolute atomic E-state index is 0.0940. The molecule has 0 unspecified atom stereocenters. The highest BCUT2D eigenvalue weighted by Crippen LogP contribution is 2.31. The largest absolute Gasteiger partial charge is 0.444 e. The Morgan fingerprint density at radius 3 is 2.67 bits per heavy atom. The maximum Gasteiger partial charge on any atom is 0.412 e. The molecule has 8 heteroatoms. The summed E-state index contributed by atoms with van der Waals surface area (Å²) in [5.41, 5.74) is -0.364. The number of carbonyl (C=O) groups is 1. The second-order valence-corrected chi connectivity index (χ2v) is 6.16. The number of thiazole rings is 1. The summed E-state index contributed by atoms with van der Waals surface area (Å²) >= 11 is 0.871. The van der Waals surface area contributed by atoms with E-state index in [1.54, 1.807) is 20.8 Å². The van der Waals surface area contributed by atoms with Gasteiger partial charge in [0.05, 0.1) is 6.20 Å². The number of nitrogens with one attached hydrogen (secondary N) is 1. The van der Waals surface area contributed by atoms with Crippen LogP contribution in [0.25, 0.3) is 10.6 Å². The quantitative estimate of drug-likeness (QED) is 0.915. The van der Waals surface area contributed by atoms with Gasteiger partial charge >= 0.3 is 6.09 Å². The van der Waals surface area contributed by atoms with Gasteiger partial charge in [-0.05, 0) is 26.8 Å². The van der Waals surface area contributed by atoms with Crippen LogP contribution in [0.4, 0.5) is 18.6 Å². The van der Waals surface area contributed by atoms with Crippen molar-refractivity contribution in [2.24, 2.45) is 0 Å². The molecule has 2 rings (SSSR count). The monoisotopic (exact) mass is 313 g/mol. The Morgan fingerprint density at radius 2 is 2.05 bits per heavy atom. The van der Waals surface area contributed by atoms with Gasteiger partial charge in [-0.3, -0.25) is 10.3 Å². The van der Waals surface area contributed by atoms with Gasteiger partial charge in [0.15, 0.2) is 5.00 Å². The number of rotatable bonds is 2. The number of nitrogens with zero attached hydrogens (tertiary/aromatic N) is 2. The van der Waals surface area contributed by atoms with Gasteiger partial charge in [0.25, 0.3) is 0 Å². The number of halogens is 2. The van der Waals surface area contributed by atoms with Gasteiger partial charge in [-0.25, -0.2) is 14.2 Å². The van der Waals surface area contributed by atoms with Crippen LogP contribution < -0.4 is 5.32 Å². The molecule has 0 saturated heterocycles. The first-order valence-electron chi connectivity index (χ1n) is 6.02. The maximum absolute atomic E-state index is 13.7. The molecule has 0 spiro atoms. The van der Waals surface area contributed by atoms with Gasteiger partial charge in [-0.2, -0.15) is 4.39 Å². The van der Waals surface area contributed by atoms with Crippen LogP contribution in [-0.2, 0) is 4.74 Å². The summed E-state index contributed by atoms with van der Waals surface area (Å²) in [5, 5.41) is 2.40. The van der Waals surface area contributed by atoms with Crippen LogP contribution in [0.2, 0.25) is 0 Å². The van der Waals surface area contributed by atoms with E-state index in [1.807, 2.05) is 0 Å². The Morgan fingerprint density at radius 1 is 1.33 bits per heavy atom. The molecule has 2 aromatic heterocycles. The molecule has 1 N–H and O–H groups in total. The predicted octanol–water partition coefficient (Wildman–Crippen LogP) is 3.83. The smallest absolute Gasteiger partial charge is 0.412 e. The summed E-state index contributed by atoms with van der Waals surface area (Å²) in [6, 6.07) is 1.18. The summed E-state index contributed by atoms with van der Waals surface area (Å²) in [5.74, 6) is -1.41. The Balaban J connectivity index is 2.18. The lowest BCUT2D eigenvalue weighted by Crippen LogP contribution is -2.27. The first-order chi connectivity index (χ1) is 9.74. The molecule has 0 aliphatic rings. The zero-order valence-electron chi connectivity index (χ0n) is 11.6. The Labute approximate surface area is 124 Å². The van der Waals surface area contributed by atoms with Crippen molar-refractivity contribution in [2.45, 2.75) is 26.4 Å². The van der Waals surface area contributed by atoms with Crippen molar-refractivity contribution < 1.29 is 18.3 Å². The molecule has 0 radical (unpaired) electrons. The summed E-state index contributed by atoms with van der Waals surface area (Å²) < 4.78 is 31.8. The van der Waals surface area contributed by atoms with Crippen LogP contribution in [0, 0.1) is 11.8 Å². The molecule has 112 valence electrons. The molecule has 0 aliphatic heterocycles. The number of aromatic nitrogens is 2. The minimum Gasteiger partial charge on any atom is -0.444 e. The highest BCUT2D eigenvalue weighted by Gasteiger charge is 2.20. The molecular formula is C13H13F2N3O2S. The second kappa shape index (κ2) is 5.72. The van der Waals surface area contributed by atoms with Crippen LogP contribution in [0.1, 0.15) is 20.8 Å². The summed E-state index contributed by atoms with van der Waals surface area (Å²) in [7, 11) is 0. The third kappa shape index (κ3) is 4.19. The molecule has 21 heavy (non-hydrogen) atoms. The zero-order chi connectivity index (χ0) is 15.6. The Bertz CT molecular complexity index is 668. The molecule has 0 aromatic carbocycles. The molecule has 0 atom stereocenters. The van der Waals surface area contributed by atoms with Crippen LogP contribution in [0.15, 0.2) is 18.5 Å². The van der Waals surface area contributed by atoms with Gasteiger partial charge in [0.2, 0.25) is 5.95 Å². The number of anilines is 1. The lowest BCUT2D eigenvalue weighted by molar-refractivity contribution is 0.0635. The molecule has 1 amide bonds. The highest BCUT2D eigenvalue weighted by molar-refractivity contribution is 7.19. The highest BCUT2D eigenvalue weighted by atomic mass is 32.1. The lowest BCUT2D eigenvalue weighted by Gasteiger charge is -2.19. The van der Waals surface area contributed by atoms with Crippen LogP contribution in [0.3, 0.4) is 0 Å². The number of hydrogen-bond acceptors (Lipinski definition) is 5. The van der Waals surface area contributed by atoms with Crippen LogP contribution in [-0.4, -0.2) is 21.7 Å². The van der Waals surface area contributed by atoms with E-state index in [2.05, 4.69) is 15.3 Å². The molecular weight excluding hydrogens is 300 g/mol. The topological polar surface area (TPSA) is 64.1 Å². The van der Waals surface area contributed by atoms with Gasteiger partial charge < -0.3 is 4.74 Å². The van der Waals surface area contributed by atoms with Crippen LogP contribution >= 0.6 is 11.3 Å². The third-order valence-electron chi connectivity index (χ3n) is 2.15. The van der Waals surface area contributed by atoms with Crippen molar-refractivity contribution in [2.75, 3.05) is 5.32 Å². The number of hydrogen-bond donors (Lipinski definition) is 1. The van der Waals surface area contributed by atoms with E-state index in [1.165, 1.54) is 12.3 Å². The third-order valence-corrected chi connectivity index (χ3v) is 3.15. The van der Waals surface area contributed by atoms with E-state index in [-0.39, 0.29) is 10.0 Å². The van der Waals surface area contributed by atoms with E-state index in [0.29, 0.717) is 5.56 Å². The average Bonchev–Trinajstić information content (AvgIpc) is 2.68. The van der Waals surface area contributed by atoms with Crippen molar-refractivity contribution in [3.05, 3.63) is 30.2 Å². The molecule has 0 fully saturated rings. The van der Waals surface area contributed by atoms with E-state index < -0.39 is 23.5 Å². The summed E-state index contributed by atoms with van der Waals surface area (Å²) in [6.07, 6.45) is 1.61. The van der Waals surface area contributed by atoms with Crippen molar-refractivity contribution in [1.82, 2.24) is 9.97 Å². The minimum atomic E-state index is -0.856. The Hall–Kier alpha value is -2.09. The summed E-state index contributed by atoms with van der Waals surface area (Å²) in [6.45, 7) is 5.08. The molecule has 2 aromatic rings. The van der Waals surface area contributed by atoms with Crippen molar-refractivity contribution in [1.29, 1.82) is 0 Å². The number of amides is 1. The molecule has 0 aliphatic carbocycles. The average molecular weight is 313 g/mol. The van der Waals surface area contributed by atoms with E-state index >= 15 is 0 Å². The summed E-state index contributed by atoms with van der Waals surface area (Å²) in [4.78, 5) is 18.9. The van der Waals surface area contributed by atoms with Crippen LogP contribution in [0.5, 0.6) is 0 Å². The fourth-order valence-electron chi connectivity index (χ4n) is 1.43. The molecule has 0 bridgehead atoms. The van der Waals surface area contributed by atoms with Gasteiger partial charge in [0.1, 0.15) is 16.4 Å². The van der Waals surface area contributed by atoms with Gasteiger partial charge in [-0.1, -0.05) is 11.3 Å². The number of ether oxygens (including phenoxy) is 1. The fraction of sp³-hybridized carbons (Fsp3) is 0.308. The van der Waals surface area contributed by atoms with Crippen molar-refractivity contribution >= 4 is 22.4 Å². The molecule has 5 nitrogen and oxygen atoms in total. The van der Waals surface area contributed by atoms with Crippen molar-refractivity contribution in [3.8, 4) is 10.6 Å². The first kappa shape index (κ1) is 15.3. The van der Waals surface area contributed by atoms with E-state index in [0.717, 1.165) is 17.5 Å². The van der Waals surface area contributed by atoms with Gasteiger partial charge in [-0.15, -0.1) is 0 Å². The fourth-order valence-corrected chi connectivity index (χ4v) is 2.24. The van der Waals surface area contributed by atoms with E-state index in [9.17, 15) is 13.6 Å². The second-order valence-electron chi connectivity index (χ2n) is 5.16. The maximum atomic E-state index is 13.7. The first-order valence-corrected chi connectivity index (χ1v) is 6.83. The van der Waals surface area contributed by atoms with E-state index in [4.69, 9.17) is 4.74 Å². The number of carbonyl (C=O) groups excluding carboxylic acids is 1. The molecule has 0 saturated carbocycles. The zero-order valence-corrected chi connectivity index (χ0v) is 12.4. The SMILES string of the molecule is CC(C)(C)OC(=O)Nc1sc(-c2cncc(F)c2)nc1F. The lowest BCUT2D eigenvalue weighted by atomic mass is 10.2. The predicted molar refractivity (Wildman–Crippen MR) is 75.1 cm³/mol. The molecule has 2 heterocycles. The van der Waals surface area contributed by atoms with Gasteiger partial charge in [0, 0.05) is 11.8 Å². The standard InChI is InChI=1S/C13H13F2N3O2S/c1-13(2,3)20-12(19)18-11-9(15)17-10(21-11)7-4-8(14)6-16-5-7/h4-6H,1-3H3,(H,18,19). The van der Waals surface area contributed by atoms with Crippen molar-refractivity contribution in [3.63, 3.8) is 0 Å². The Kier molecular flexibility index (Phi) is 4.17.